The summed E-state index contributed by atoms with van der Waals surface area (Å²) in [5, 5.41) is 2.84. The summed E-state index contributed by atoms with van der Waals surface area (Å²) in [5.41, 5.74) is 1.89. The van der Waals surface area contributed by atoms with Crippen molar-refractivity contribution in [3.05, 3.63) is 51.6 Å². The molecule has 5 nitrogen and oxygen atoms in total. The molecule has 0 saturated heterocycles. The van der Waals surface area contributed by atoms with Crippen molar-refractivity contribution in [2.75, 3.05) is 24.4 Å². The van der Waals surface area contributed by atoms with E-state index in [4.69, 9.17) is 4.74 Å². The van der Waals surface area contributed by atoms with Crippen LogP contribution in [0.1, 0.15) is 17.3 Å². The van der Waals surface area contributed by atoms with Gasteiger partial charge in [0.05, 0.1) is 10.7 Å². The maximum absolute atomic E-state index is 12.3. The summed E-state index contributed by atoms with van der Waals surface area (Å²) in [5.74, 6) is 0.443. The molecule has 2 rings (SSSR count). The molecule has 120 valence electrons. The van der Waals surface area contributed by atoms with Crippen LogP contribution in [0.3, 0.4) is 0 Å². The standard InChI is InChI=1S/C17H17IN2O3/c1-11(21)20(2)14-6-4-5-13(10-14)19-17(22)12-7-8-16(23-3)15(18)9-12/h4-10H,1-3H3,(H,19,22). The molecule has 0 aliphatic heterocycles. The first-order valence-corrected chi connectivity index (χ1v) is 7.99. The Morgan fingerprint density at radius 3 is 2.52 bits per heavy atom. The number of hydrogen-bond acceptors (Lipinski definition) is 3. The fourth-order valence-corrected chi connectivity index (χ4v) is 2.72. The van der Waals surface area contributed by atoms with E-state index in [1.807, 2.05) is 6.07 Å². The van der Waals surface area contributed by atoms with Crippen molar-refractivity contribution >= 4 is 45.8 Å². The Bertz CT molecular complexity index is 746. The van der Waals surface area contributed by atoms with Gasteiger partial charge in [0.15, 0.2) is 0 Å². The molecular formula is C17H17IN2O3. The number of hydrogen-bond donors (Lipinski definition) is 1. The number of anilines is 2. The van der Waals surface area contributed by atoms with E-state index in [-0.39, 0.29) is 11.8 Å². The normalized spacial score (nSPS) is 10.1. The Morgan fingerprint density at radius 2 is 1.91 bits per heavy atom. The molecule has 0 aliphatic rings. The molecule has 0 aromatic heterocycles. The second-order valence-corrected chi connectivity index (χ2v) is 6.09. The van der Waals surface area contributed by atoms with Crippen molar-refractivity contribution in [2.45, 2.75) is 6.92 Å². The Hall–Kier alpha value is -2.09. The molecule has 0 heterocycles. The lowest BCUT2D eigenvalue weighted by molar-refractivity contribution is -0.116. The highest BCUT2D eigenvalue weighted by molar-refractivity contribution is 14.1. The van der Waals surface area contributed by atoms with Crippen LogP contribution in [0, 0.1) is 3.57 Å². The first kappa shape index (κ1) is 17.3. The number of rotatable bonds is 4. The van der Waals surface area contributed by atoms with Crippen molar-refractivity contribution in [1.29, 1.82) is 0 Å². The molecule has 23 heavy (non-hydrogen) atoms. The molecule has 2 amide bonds. The first-order valence-electron chi connectivity index (χ1n) is 6.91. The Labute approximate surface area is 148 Å². The van der Waals surface area contributed by atoms with Crippen LogP contribution in [0.5, 0.6) is 5.75 Å². The molecule has 0 saturated carbocycles. The van der Waals surface area contributed by atoms with Gasteiger partial charge in [-0.25, -0.2) is 0 Å². The molecule has 0 spiro atoms. The fraction of sp³-hybridized carbons (Fsp3) is 0.176. The van der Waals surface area contributed by atoms with E-state index < -0.39 is 0 Å². The van der Waals surface area contributed by atoms with E-state index in [0.29, 0.717) is 11.3 Å². The van der Waals surface area contributed by atoms with Gasteiger partial charge in [-0.15, -0.1) is 0 Å². The van der Waals surface area contributed by atoms with Gasteiger partial charge in [0.2, 0.25) is 5.91 Å². The van der Waals surface area contributed by atoms with E-state index in [0.717, 1.165) is 15.0 Å². The second kappa shape index (κ2) is 7.45. The van der Waals surface area contributed by atoms with Crippen LogP contribution in [-0.4, -0.2) is 26.0 Å². The van der Waals surface area contributed by atoms with Crippen LogP contribution in [0.4, 0.5) is 11.4 Å². The summed E-state index contributed by atoms with van der Waals surface area (Å²) in [6.07, 6.45) is 0. The van der Waals surface area contributed by atoms with Crippen molar-refractivity contribution in [3.8, 4) is 5.75 Å². The van der Waals surface area contributed by atoms with Gasteiger partial charge in [0.1, 0.15) is 5.75 Å². The van der Waals surface area contributed by atoms with Crippen LogP contribution in [0.15, 0.2) is 42.5 Å². The largest absolute Gasteiger partial charge is 0.496 e. The number of benzene rings is 2. The molecule has 2 aromatic carbocycles. The smallest absolute Gasteiger partial charge is 0.255 e. The first-order chi connectivity index (χ1) is 10.9. The number of methoxy groups -OCH3 is 1. The number of amides is 2. The maximum atomic E-state index is 12.3. The molecule has 0 atom stereocenters. The highest BCUT2D eigenvalue weighted by Gasteiger charge is 2.11. The number of nitrogens with zero attached hydrogens (tertiary/aromatic N) is 1. The monoisotopic (exact) mass is 424 g/mol. The third-order valence-electron chi connectivity index (χ3n) is 3.38. The summed E-state index contributed by atoms with van der Waals surface area (Å²) in [6.45, 7) is 1.49. The van der Waals surface area contributed by atoms with E-state index in [9.17, 15) is 9.59 Å². The van der Waals surface area contributed by atoms with Crippen LogP contribution < -0.4 is 15.0 Å². The van der Waals surface area contributed by atoms with Crippen molar-refractivity contribution in [2.24, 2.45) is 0 Å². The van der Waals surface area contributed by atoms with Gasteiger partial charge in [-0.05, 0) is 59.0 Å². The summed E-state index contributed by atoms with van der Waals surface area (Å²) in [7, 11) is 3.28. The van der Waals surface area contributed by atoms with Crippen LogP contribution >= 0.6 is 22.6 Å². The highest BCUT2D eigenvalue weighted by atomic mass is 127. The van der Waals surface area contributed by atoms with Gasteiger partial charge < -0.3 is 15.0 Å². The Balaban J connectivity index is 2.19. The second-order valence-electron chi connectivity index (χ2n) is 4.93. The fourth-order valence-electron chi connectivity index (χ4n) is 1.98. The summed E-state index contributed by atoms with van der Waals surface area (Å²) in [6, 6.07) is 12.4. The van der Waals surface area contributed by atoms with E-state index in [1.165, 1.54) is 11.8 Å². The minimum atomic E-state index is -0.215. The molecule has 1 N–H and O–H groups in total. The lowest BCUT2D eigenvalue weighted by atomic mass is 10.2. The summed E-state index contributed by atoms with van der Waals surface area (Å²) < 4.78 is 6.05. The average molecular weight is 424 g/mol. The van der Waals surface area contributed by atoms with Gasteiger partial charge in [-0.2, -0.15) is 0 Å². The lowest BCUT2D eigenvalue weighted by Gasteiger charge is -2.16. The zero-order valence-electron chi connectivity index (χ0n) is 13.1. The van der Waals surface area contributed by atoms with E-state index in [2.05, 4.69) is 27.9 Å². The molecule has 6 heteroatoms. The molecular weight excluding hydrogens is 407 g/mol. The molecule has 0 bridgehead atoms. The maximum Gasteiger partial charge on any atom is 0.255 e. The van der Waals surface area contributed by atoms with Crippen molar-refractivity contribution in [1.82, 2.24) is 0 Å². The number of carbonyl (C=O) groups excluding carboxylic acids is 2. The van der Waals surface area contributed by atoms with Crippen LogP contribution in [0.25, 0.3) is 0 Å². The SMILES string of the molecule is COc1ccc(C(=O)Nc2cccc(N(C)C(C)=O)c2)cc1I. The topological polar surface area (TPSA) is 58.6 Å². The lowest BCUT2D eigenvalue weighted by Crippen LogP contribution is -2.23. The van der Waals surface area contributed by atoms with Gasteiger partial charge in [-0.1, -0.05) is 6.07 Å². The van der Waals surface area contributed by atoms with E-state index in [1.54, 1.807) is 50.6 Å². The van der Waals surface area contributed by atoms with Crippen molar-refractivity contribution in [3.63, 3.8) is 0 Å². The summed E-state index contributed by atoms with van der Waals surface area (Å²) in [4.78, 5) is 25.3. The third-order valence-corrected chi connectivity index (χ3v) is 4.22. The van der Waals surface area contributed by atoms with Gasteiger partial charge in [0.25, 0.3) is 5.91 Å². The molecule has 0 aliphatic carbocycles. The summed E-state index contributed by atoms with van der Waals surface area (Å²) >= 11 is 2.12. The van der Waals surface area contributed by atoms with Gasteiger partial charge >= 0.3 is 0 Å². The zero-order chi connectivity index (χ0) is 17.0. The van der Waals surface area contributed by atoms with Gasteiger partial charge in [0, 0.05) is 30.9 Å². The predicted octanol–water partition coefficient (Wildman–Crippen LogP) is 3.53. The Kier molecular flexibility index (Phi) is 5.59. The predicted molar refractivity (Wildman–Crippen MR) is 99.2 cm³/mol. The molecule has 0 radical (unpaired) electrons. The minimum Gasteiger partial charge on any atom is -0.496 e. The number of halogens is 1. The molecule has 0 fully saturated rings. The molecule has 0 unspecified atom stereocenters. The Morgan fingerprint density at radius 1 is 1.17 bits per heavy atom. The number of nitrogens with one attached hydrogen (secondary N) is 1. The van der Waals surface area contributed by atoms with Gasteiger partial charge in [-0.3, -0.25) is 9.59 Å². The number of carbonyl (C=O) groups is 2. The third kappa shape index (κ3) is 4.22. The average Bonchev–Trinajstić information content (AvgIpc) is 2.54. The van der Waals surface area contributed by atoms with Crippen LogP contribution in [-0.2, 0) is 4.79 Å². The van der Waals surface area contributed by atoms with Crippen LogP contribution in [0.2, 0.25) is 0 Å². The van der Waals surface area contributed by atoms with E-state index >= 15 is 0 Å². The van der Waals surface area contributed by atoms with Crippen molar-refractivity contribution < 1.29 is 14.3 Å². The minimum absolute atomic E-state index is 0.0711. The molecule has 2 aromatic rings. The highest BCUT2D eigenvalue weighted by Crippen LogP contribution is 2.23. The number of ether oxygens (including phenoxy) is 1. The zero-order valence-corrected chi connectivity index (χ0v) is 15.2. The quantitative estimate of drug-likeness (QED) is 0.765.